The third kappa shape index (κ3) is 3.22. The topological polar surface area (TPSA) is 105 Å². The first-order valence-electron chi connectivity index (χ1n) is 5.95. The minimum atomic E-state index is -1.31. The summed E-state index contributed by atoms with van der Waals surface area (Å²) < 4.78 is 6.86. The molecule has 1 aromatic rings. The molecule has 2 heterocycles. The molecule has 0 spiro atoms. The Morgan fingerprint density at radius 2 is 2.37 bits per heavy atom. The molecule has 104 valence electrons. The van der Waals surface area contributed by atoms with Crippen LogP contribution in [0.2, 0.25) is 0 Å². The van der Waals surface area contributed by atoms with E-state index < -0.39 is 17.5 Å². The zero-order valence-corrected chi connectivity index (χ0v) is 10.3. The van der Waals surface area contributed by atoms with Crippen molar-refractivity contribution in [2.45, 2.75) is 18.5 Å². The largest absolute Gasteiger partial charge is 0.479 e. The number of hydrogen-bond acceptors (Lipinski definition) is 4. The standard InChI is InChI=1S/C11H16N4O4/c16-9(17)11(1-6-19-7-11)14-10(18)13-3-5-15-4-2-12-8-15/h2,4,8H,1,3,5-7H2,(H,16,17)(H2,13,14,18). The van der Waals surface area contributed by atoms with E-state index in [1.807, 2.05) is 4.57 Å². The van der Waals surface area contributed by atoms with Crippen LogP contribution in [0.3, 0.4) is 0 Å². The van der Waals surface area contributed by atoms with Gasteiger partial charge >= 0.3 is 12.0 Å². The highest BCUT2D eigenvalue weighted by atomic mass is 16.5. The van der Waals surface area contributed by atoms with Crippen molar-refractivity contribution < 1.29 is 19.4 Å². The molecular formula is C11H16N4O4. The number of carbonyl (C=O) groups excluding carboxylic acids is 1. The third-order valence-electron chi connectivity index (χ3n) is 3.00. The van der Waals surface area contributed by atoms with E-state index in [9.17, 15) is 9.59 Å². The van der Waals surface area contributed by atoms with Crippen molar-refractivity contribution in [2.24, 2.45) is 0 Å². The van der Waals surface area contributed by atoms with Crippen molar-refractivity contribution in [3.05, 3.63) is 18.7 Å². The van der Waals surface area contributed by atoms with E-state index in [-0.39, 0.29) is 13.0 Å². The van der Waals surface area contributed by atoms with Gasteiger partial charge in [0.2, 0.25) is 0 Å². The summed E-state index contributed by atoms with van der Waals surface area (Å²) in [5.74, 6) is -1.07. The summed E-state index contributed by atoms with van der Waals surface area (Å²) in [5.41, 5.74) is -1.31. The Labute approximate surface area is 109 Å². The summed E-state index contributed by atoms with van der Waals surface area (Å²) in [6.45, 7) is 1.29. The number of ether oxygens (including phenoxy) is 1. The highest BCUT2D eigenvalue weighted by Gasteiger charge is 2.43. The van der Waals surface area contributed by atoms with E-state index in [0.717, 1.165) is 0 Å². The van der Waals surface area contributed by atoms with Crippen LogP contribution in [0.15, 0.2) is 18.7 Å². The molecule has 1 aliphatic heterocycles. The Balaban J connectivity index is 1.78. The van der Waals surface area contributed by atoms with Gasteiger partial charge in [0.15, 0.2) is 5.54 Å². The highest BCUT2D eigenvalue weighted by Crippen LogP contribution is 2.18. The van der Waals surface area contributed by atoms with E-state index in [2.05, 4.69) is 15.6 Å². The molecule has 8 heteroatoms. The molecule has 1 unspecified atom stereocenters. The molecule has 0 bridgehead atoms. The van der Waals surface area contributed by atoms with Gasteiger partial charge in [-0.2, -0.15) is 0 Å². The number of carbonyl (C=O) groups is 2. The van der Waals surface area contributed by atoms with Crippen LogP contribution in [0.4, 0.5) is 4.79 Å². The molecule has 0 aliphatic carbocycles. The van der Waals surface area contributed by atoms with Gasteiger partial charge < -0.3 is 25.0 Å². The van der Waals surface area contributed by atoms with Gasteiger partial charge in [-0.1, -0.05) is 0 Å². The van der Waals surface area contributed by atoms with Crippen LogP contribution in [0.25, 0.3) is 0 Å². The second kappa shape index (κ2) is 5.70. The summed E-state index contributed by atoms with van der Waals surface area (Å²) in [6.07, 6.45) is 5.35. The van der Waals surface area contributed by atoms with Crippen LogP contribution in [0.5, 0.6) is 0 Å². The zero-order chi connectivity index (χ0) is 13.7. The monoisotopic (exact) mass is 268 g/mol. The van der Waals surface area contributed by atoms with Crippen molar-refractivity contribution in [3.63, 3.8) is 0 Å². The van der Waals surface area contributed by atoms with Gasteiger partial charge in [0, 0.05) is 38.5 Å². The molecule has 1 atom stereocenters. The quantitative estimate of drug-likeness (QED) is 0.663. The molecule has 19 heavy (non-hydrogen) atoms. The molecule has 1 aromatic heterocycles. The van der Waals surface area contributed by atoms with Gasteiger partial charge in [0.1, 0.15) is 0 Å². The number of amides is 2. The smallest absolute Gasteiger partial charge is 0.332 e. The predicted octanol–water partition coefficient (Wildman–Crippen LogP) is -0.574. The number of imidazole rings is 1. The number of urea groups is 1. The molecule has 2 rings (SSSR count). The molecule has 1 saturated heterocycles. The van der Waals surface area contributed by atoms with E-state index in [4.69, 9.17) is 9.84 Å². The lowest BCUT2D eigenvalue weighted by atomic mass is 9.99. The van der Waals surface area contributed by atoms with Crippen molar-refractivity contribution >= 4 is 12.0 Å². The molecule has 2 amide bonds. The minimum absolute atomic E-state index is 0.00270. The minimum Gasteiger partial charge on any atom is -0.479 e. The van der Waals surface area contributed by atoms with Crippen molar-refractivity contribution in [3.8, 4) is 0 Å². The van der Waals surface area contributed by atoms with Gasteiger partial charge in [-0.3, -0.25) is 0 Å². The second-order valence-corrected chi connectivity index (χ2v) is 4.37. The number of aromatic nitrogens is 2. The van der Waals surface area contributed by atoms with Gasteiger partial charge in [0.25, 0.3) is 0 Å². The summed E-state index contributed by atoms with van der Waals surface area (Å²) in [5, 5.41) is 14.2. The predicted molar refractivity (Wildman–Crippen MR) is 64.6 cm³/mol. The number of carboxylic acids is 1. The lowest BCUT2D eigenvalue weighted by Crippen LogP contribution is -2.58. The third-order valence-corrected chi connectivity index (χ3v) is 3.00. The van der Waals surface area contributed by atoms with Crippen LogP contribution in [-0.4, -0.2) is 52.0 Å². The lowest BCUT2D eigenvalue weighted by molar-refractivity contribution is -0.144. The fraction of sp³-hybridized carbons (Fsp3) is 0.545. The number of carboxylic acid groups (broad SMARTS) is 1. The normalized spacial score (nSPS) is 22.1. The van der Waals surface area contributed by atoms with E-state index >= 15 is 0 Å². The summed E-state index contributed by atoms with van der Waals surface area (Å²) in [7, 11) is 0. The van der Waals surface area contributed by atoms with Crippen molar-refractivity contribution in [1.29, 1.82) is 0 Å². The average molecular weight is 268 g/mol. The Morgan fingerprint density at radius 3 is 2.95 bits per heavy atom. The van der Waals surface area contributed by atoms with E-state index in [0.29, 0.717) is 19.7 Å². The maximum Gasteiger partial charge on any atom is 0.332 e. The maximum absolute atomic E-state index is 11.7. The first-order valence-corrected chi connectivity index (χ1v) is 5.95. The summed E-state index contributed by atoms with van der Waals surface area (Å²) >= 11 is 0. The zero-order valence-electron chi connectivity index (χ0n) is 10.3. The van der Waals surface area contributed by atoms with Crippen LogP contribution >= 0.6 is 0 Å². The molecule has 0 aromatic carbocycles. The van der Waals surface area contributed by atoms with Gasteiger partial charge in [-0.05, 0) is 0 Å². The summed E-state index contributed by atoms with van der Waals surface area (Å²) in [4.78, 5) is 26.7. The molecular weight excluding hydrogens is 252 g/mol. The average Bonchev–Trinajstić information content (AvgIpc) is 3.00. The van der Waals surface area contributed by atoms with E-state index in [1.165, 1.54) is 0 Å². The van der Waals surface area contributed by atoms with Crippen LogP contribution < -0.4 is 10.6 Å². The fourth-order valence-corrected chi connectivity index (χ4v) is 1.86. The first kappa shape index (κ1) is 13.3. The van der Waals surface area contributed by atoms with Crippen LogP contribution in [0, 0.1) is 0 Å². The van der Waals surface area contributed by atoms with Gasteiger partial charge in [-0.15, -0.1) is 0 Å². The SMILES string of the molecule is O=C(NCCn1ccnc1)NC1(C(=O)O)CCOC1. The maximum atomic E-state index is 11.7. The molecule has 1 fully saturated rings. The molecule has 8 nitrogen and oxygen atoms in total. The number of hydrogen-bond donors (Lipinski definition) is 3. The first-order chi connectivity index (χ1) is 9.12. The van der Waals surface area contributed by atoms with E-state index in [1.54, 1.807) is 18.7 Å². The Kier molecular flexibility index (Phi) is 4.00. The number of aliphatic carboxylic acids is 1. The molecule has 3 N–H and O–H groups in total. The molecule has 0 radical (unpaired) electrons. The van der Waals surface area contributed by atoms with Crippen LogP contribution in [0.1, 0.15) is 6.42 Å². The van der Waals surface area contributed by atoms with Gasteiger partial charge in [-0.25, -0.2) is 14.6 Å². The number of nitrogens with zero attached hydrogens (tertiary/aromatic N) is 2. The second-order valence-electron chi connectivity index (χ2n) is 4.37. The van der Waals surface area contributed by atoms with Crippen molar-refractivity contribution in [2.75, 3.05) is 19.8 Å². The summed E-state index contributed by atoms with van der Waals surface area (Å²) in [6, 6.07) is -0.506. The lowest BCUT2D eigenvalue weighted by Gasteiger charge is -2.23. The Morgan fingerprint density at radius 1 is 1.53 bits per heavy atom. The van der Waals surface area contributed by atoms with Crippen LogP contribution in [-0.2, 0) is 16.1 Å². The molecule has 0 saturated carbocycles. The number of nitrogens with one attached hydrogen (secondary N) is 2. The van der Waals surface area contributed by atoms with Crippen molar-refractivity contribution in [1.82, 2.24) is 20.2 Å². The Hall–Kier alpha value is -2.09. The number of rotatable bonds is 5. The fourth-order valence-electron chi connectivity index (χ4n) is 1.86. The van der Waals surface area contributed by atoms with Gasteiger partial charge in [0.05, 0.1) is 12.9 Å². The highest BCUT2D eigenvalue weighted by molar-refractivity contribution is 5.86. The Bertz CT molecular complexity index is 440. The molecule has 1 aliphatic rings.